The molecule has 160 valence electrons. The summed E-state index contributed by atoms with van der Waals surface area (Å²) in [4.78, 5) is 13.9. The third-order valence-electron chi connectivity index (χ3n) is 5.65. The van der Waals surface area contributed by atoms with Gasteiger partial charge in [0.25, 0.3) is 0 Å². The molecule has 1 aliphatic rings. The predicted molar refractivity (Wildman–Crippen MR) is 131 cm³/mol. The van der Waals surface area contributed by atoms with Gasteiger partial charge in [0.2, 0.25) is 0 Å². The molecular weight excluding hydrogens is 447 g/mol. The second-order valence-electron chi connectivity index (χ2n) is 9.74. The second kappa shape index (κ2) is 8.91. The molecule has 3 rings (SSSR count). The molecule has 0 saturated carbocycles. The summed E-state index contributed by atoms with van der Waals surface area (Å²) in [5.74, 6) is 2.01. The first kappa shape index (κ1) is 23.1. The van der Waals surface area contributed by atoms with Crippen molar-refractivity contribution in [1.82, 2.24) is 0 Å². The molecule has 2 nitrogen and oxygen atoms in total. The van der Waals surface area contributed by atoms with Crippen LogP contribution in [0.1, 0.15) is 70.2 Å². The van der Waals surface area contributed by atoms with Gasteiger partial charge < -0.3 is 0 Å². The van der Waals surface area contributed by atoms with Crippen molar-refractivity contribution in [2.45, 2.75) is 58.8 Å². The summed E-state index contributed by atoms with van der Waals surface area (Å²) in [6.45, 7) is 13.0. The summed E-state index contributed by atoms with van der Waals surface area (Å²) in [5.41, 5.74) is 7.38. The summed E-state index contributed by atoms with van der Waals surface area (Å²) in [5, 5.41) is 8.82. The van der Waals surface area contributed by atoms with Crippen LogP contribution in [0.5, 0.6) is 0 Å². The van der Waals surface area contributed by atoms with E-state index in [4.69, 9.17) is 5.11 Å². The van der Waals surface area contributed by atoms with Gasteiger partial charge in [0.05, 0.1) is 0 Å². The maximum absolute atomic E-state index is 10.7. The van der Waals surface area contributed by atoms with Gasteiger partial charge in [0, 0.05) is 0 Å². The third kappa shape index (κ3) is 5.59. The molecule has 3 heteroatoms. The molecule has 0 amide bonds. The molecule has 0 atom stereocenters. The number of benzene rings is 2. The first-order chi connectivity index (χ1) is 14.5. The van der Waals surface area contributed by atoms with Crippen molar-refractivity contribution >= 4 is 31.0 Å². The van der Waals surface area contributed by atoms with Crippen molar-refractivity contribution < 1.29 is 9.90 Å². The zero-order chi connectivity index (χ0) is 22.8. The van der Waals surface area contributed by atoms with E-state index in [1.807, 2.05) is 0 Å². The number of carbonyl (C=O) groups is 1. The molecule has 31 heavy (non-hydrogen) atoms. The van der Waals surface area contributed by atoms with Crippen LogP contribution in [0.3, 0.4) is 0 Å². The Morgan fingerprint density at radius 2 is 1.81 bits per heavy atom. The van der Waals surface area contributed by atoms with Gasteiger partial charge in [-0.25, -0.2) is 0 Å². The quantitative estimate of drug-likeness (QED) is 0.364. The molecule has 1 N–H and O–H groups in total. The molecule has 0 aliphatic heterocycles. The number of hydrogen-bond acceptors (Lipinski definition) is 1. The van der Waals surface area contributed by atoms with Crippen molar-refractivity contribution in [3.63, 3.8) is 0 Å². The van der Waals surface area contributed by atoms with Gasteiger partial charge in [0.15, 0.2) is 0 Å². The summed E-state index contributed by atoms with van der Waals surface area (Å²) in [6.07, 6.45) is 4.53. The molecule has 0 fully saturated rings. The van der Waals surface area contributed by atoms with Gasteiger partial charge in [-0.05, 0) is 0 Å². The van der Waals surface area contributed by atoms with E-state index in [2.05, 4.69) is 93.9 Å². The summed E-state index contributed by atoms with van der Waals surface area (Å²) < 4.78 is 1.22. The van der Waals surface area contributed by atoms with Gasteiger partial charge in [-0.15, -0.1) is 0 Å². The average molecular weight is 478 g/mol. The number of hydrogen-bond donors (Lipinski definition) is 1. The van der Waals surface area contributed by atoms with Crippen LogP contribution in [0.25, 0.3) is 5.57 Å². The summed E-state index contributed by atoms with van der Waals surface area (Å²) in [7, 11) is 0. The minimum atomic E-state index is -0.954. The van der Waals surface area contributed by atoms with Crippen LogP contribution >= 0.6 is 0 Å². The summed E-state index contributed by atoms with van der Waals surface area (Å²) >= 11 is -0.0194. The fourth-order valence-corrected chi connectivity index (χ4v) is 5.12. The molecule has 0 unspecified atom stereocenters. The van der Waals surface area contributed by atoms with Gasteiger partial charge in [-0.3, -0.25) is 0 Å². The molecule has 2 aromatic rings. The Morgan fingerprint density at radius 1 is 1.13 bits per heavy atom. The average Bonchev–Trinajstić information content (AvgIpc) is 2.67. The summed E-state index contributed by atoms with van der Waals surface area (Å²) in [6, 6.07) is 15.7. The standard InChI is InChI=1S/C28H30O2Se/c1-19(17-26(29)30)14-16-31-22-11-12-24-23(13-15-28(5,6)25(24)18-22)20-7-9-21(10-8-20)27(2,3)4/h7-13,17-18H,15H2,1-6H3,(H,29,30)/b19-17+. The van der Waals surface area contributed by atoms with E-state index in [-0.39, 0.29) is 25.8 Å². The topological polar surface area (TPSA) is 37.3 Å². The molecule has 0 radical (unpaired) electrons. The number of rotatable bonds is 3. The Kier molecular flexibility index (Phi) is 6.65. The third-order valence-corrected chi connectivity index (χ3v) is 7.10. The second-order valence-corrected chi connectivity index (χ2v) is 11.6. The van der Waals surface area contributed by atoms with Crippen LogP contribution in [0, 0.1) is 10.7 Å². The van der Waals surface area contributed by atoms with Crippen LogP contribution in [-0.2, 0) is 15.6 Å². The van der Waals surface area contributed by atoms with Crippen molar-refractivity contribution in [3.05, 3.63) is 82.4 Å². The Labute approximate surface area is 192 Å². The number of aliphatic carboxylic acids is 1. The van der Waals surface area contributed by atoms with E-state index in [9.17, 15) is 4.79 Å². The number of carboxylic acids is 1. The molecule has 0 bridgehead atoms. The first-order valence-corrected chi connectivity index (χ1v) is 12.2. The van der Waals surface area contributed by atoms with Crippen LogP contribution in [0.4, 0.5) is 0 Å². The van der Waals surface area contributed by atoms with Crippen LogP contribution in [0.15, 0.2) is 60.2 Å². The molecule has 0 saturated heterocycles. The zero-order valence-electron chi connectivity index (χ0n) is 19.2. The minimum absolute atomic E-state index is 0.0194. The molecule has 2 aromatic carbocycles. The molecule has 1 aliphatic carbocycles. The monoisotopic (exact) mass is 478 g/mol. The van der Waals surface area contributed by atoms with Crippen LogP contribution in [0.2, 0.25) is 0 Å². The molecule has 0 heterocycles. The number of carboxylic acid groups (broad SMARTS) is 1. The van der Waals surface area contributed by atoms with Crippen molar-refractivity contribution in [1.29, 1.82) is 0 Å². The molecule has 0 aromatic heterocycles. The Bertz CT molecular complexity index is 1110. The Balaban J connectivity index is 1.92. The van der Waals surface area contributed by atoms with Gasteiger partial charge in [0.1, 0.15) is 0 Å². The molecule has 0 spiro atoms. The van der Waals surface area contributed by atoms with E-state index in [0.29, 0.717) is 5.57 Å². The van der Waals surface area contributed by atoms with Crippen molar-refractivity contribution in [2.75, 3.05) is 0 Å². The van der Waals surface area contributed by atoms with Gasteiger partial charge in [-0.2, -0.15) is 0 Å². The Hall–Kier alpha value is -2.53. The van der Waals surface area contributed by atoms with E-state index >= 15 is 0 Å². The van der Waals surface area contributed by atoms with Crippen LogP contribution < -0.4 is 4.46 Å². The number of fused-ring (bicyclic) bond motifs is 1. The van der Waals surface area contributed by atoms with E-state index < -0.39 is 5.97 Å². The predicted octanol–water partition coefficient (Wildman–Crippen LogP) is 5.42. The molecular formula is C28H30O2Se. The van der Waals surface area contributed by atoms with Gasteiger partial charge >= 0.3 is 193 Å². The fraction of sp³-hybridized carbons (Fsp3) is 0.321. The van der Waals surface area contributed by atoms with Crippen LogP contribution in [-0.4, -0.2) is 26.0 Å². The van der Waals surface area contributed by atoms with E-state index in [0.717, 1.165) is 12.5 Å². The normalized spacial score (nSPS) is 15.4. The SMILES string of the molecule is C/C(C#C[Se]c1ccc2c(c1)C(C)(C)CC=C2c1ccc(C(C)(C)C)cc1)=C\C(=O)O. The number of allylic oxidation sites excluding steroid dienone is 2. The maximum atomic E-state index is 10.7. The van der Waals surface area contributed by atoms with Gasteiger partial charge in [-0.1, -0.05) is 0 Å². The van der Waals surface area contributed by atoms with E-state index in [1.165, 1.54) is 32.3 Å². The zero-order valence-corrected chi connectivity index (χ0v) is 20.9. The van der Waals surface area contributed by atoms with Crippen molar-refractivity contribution in [2.24, 2.45) is 0 Å². The first-order valence-electron chi connectivity index (χ1n) is 10.5. The van der Waals surface area contributed by atoms with E-state index in [1.54, 1.807) is 6.92 Å². The van der Waals surface area contributed by atoms with Crippen molar-refractivity contribution in [3.8, 4) is 10.7 Å². The Morgan fingerprint density at radius 3 is 2.42 bits per heavy atom. The fourth-order valence-electron chi connectivity index (χ4n) is 3.77.